The fourth-order valence-electron chi connectivity index (χ4n) is 1.55. The lowest BCUT2D eigenvalue weighted by molar-refractivity contribution is -0.158. The predicted octanol–water partition coefficient (Wildman–Crippen LogP) is 3.27. The van der Waals surface area contributed by atoms with E-state index in [1.807, 2.05) is 0 Å². The quantitative estimate of drug-likeness (QED) is 0.744. The van der Waals surface area contributed by atoms with Gasteiger partial charge in [0.2, 0.25) is 0 Å². The molecule has 6 heteroatoms. The number of nitrogens with one attached hydrogen (secondary N) is 1. The van der Waals surface area contributed by atoms with Gasteiger partial charge in [0.15, 0.2) is 12.7 Å². The van der Waals surface area contributed by atoms with E-state index in [1.54, 1.807) is 31.2 Å². The van der Waals surface area contributed by atoms with Crippen LogP contribution in [0.2, 0.25) is 5.02 Å². The molecule has 1 aromatic carbocycles. The Morgan fingerprint density at radius 2 is 1.91 bits per heavy atom. The fourth-order valence-corrected chi connectivity index (χ4v) is 1.73. The largest absolute Gasteiger partial charge is 0.454 e. The molecular weight excluding hydrogens is 306 g/mol. The van der Waals surface area contributed by atoms with Crippen LogP contribution in [0.5, 0.6) is 0 Å². The van der Waals surface area contributed by atoms with Crippen LogP contribution in [-0.2, 0) is 19.1 Å². The lowest BCUT2D eigenvalue weighted by atomic mass is 10.1. The molecule has 0 fully saturated rings. The molecule has 1 rings (SSSR count). The Balaban J connectivity index is 2.31. The molecule has 22 heavy (non-hydrogen) atoms. The minimum absolute atomic E-state index is 0.373. The number of ether oxygens (including phenoxy) is 2. The molecule has 122 valence electrons. The Hall–Kier alpha value is -1.59. The summed E-state index contributed by atoms with van der Waals surface area (Å²) < 4.78 is 10.3. The van der Waals surface area contributed by atoms with Gasteiger partial charge in [-0.05, 0) is 31.4 Å². The van der Waals surface area contributed by atoms with E-state index in [0.29, 0.717) is 23.2 Å². The van der Waals surface area contributed by atoms with Gasteiger partial charge in [-0.3, -0.25) is 4.79 Å². The Morgan fingerprint density at radius 1 is 1.23 bits per heavy atom. The van der Waals surface area contributed by atoms with Crippen molar-refractivity contribution in [2.75, 3.05) is 18.5 Å². The smallest absolute Gasteiger partial charge is 0.335 e. The van der Waals surface area contributed by atoms with Crippen molar-refractivity contribution in [1.29, 1.82) is 0 Å². The second-order valence-electron chi connectivity index (χ2n) is 5.33. The molecule has 0 aliphatic carbocycles. The molecule has 0 bridgehead atoms. The molecule has 1 aromatic rings. The van der Waals surface area contributed by atoms with Crippen molar-refractivity contribution >= 4 is 29.2 Å². The van der Waals surface area contributed by atoms with Gasteiger partial charge in [0, 0.05) is 6.61 Å². The number of halogens is 1. The molecule has 0 saturated carbocycles. The first-order chi connectivity index (χ1) is 10.4. The summed E-state index contributed by atoms with van der Waals surface area (Å²) in [6.45, 7) is 5.87. The monoisotopic (exact) mass is 327 g/mol. The molecule has 0 spiro atoms. The van der Waals surface area contributed by atoms with E-state index in [9.17, 15) is 9.59 Å². The third-order valence-electron chi connectivity index (χ3n) is 2.89. The average molecular weight is 328 g/mol. The van der Waals surface area contributed by atoms with E-state index in [0.717, 1.165) is 6.42 Å². The molecule has 1 amide bonds. The van der Waals surface area contributed by atoms with Crippen molar-refractivity contribution in [1.82, 2.24) is 0 Å². The molecule has 0 radical (unpaired) electrons. The minimum Gasteiger partial charge on any atom is -0.454 e. The van der Waals surface area contributed by atoms with E-state index in [-0.39, 0.29) is 6.61 Å². The summed E-state index contributed by atoms with van der Waals surface area (Å²) in [5.41, 5.74) is 0.478. The zero-order chi connectivity index (χ0) is 16.5. The zero-order valence-electron chi connectivity index (χ0n) is 13.1. The zero-order valence-corrected chi connectivity index (χ0v) is 13.9. The highest BCUT2D eigenvalue weighted by Crippen LogP contribution is 2.20. The number of amides is 1. The van der Waals surface area contributed by atoms with E-state index in [4.69, 9.17) is 21.1 Å². The number of hydrogen-bond donors (Lipinski definition) is 1. The normalized spacial score (nSPS) is 12.0. The molecule has 0 heterocycles. The van der Waals surface area contributed by atoms with Crippen LogP contribution >= 0.6 is 11.6 Å². The van der Waals surface area contributed by atoms with Gasteiger partial charge in [-0.15, -0.1) is 0 Å². The topological polar surface area (TPSA) is 64.6 Å². The number of rotatable bonds is 8. The molecule has 0 aliphatic heterocycles. The number of carbonyl (C=O) groups excluding carboxylic acids is 2. The van der Waals surface area contributed by atoms with Crippen molar-refractivity contribution in [3.63, 3.8) is 0 Å². The van der Waals surface area contributed by atoms with Crippen molar-refractivity contribution in [2.45, 2.75) is 33.3 Å². The summed E-state index contributed by atoms with van der Waals surface area (Å²) >= 11 is 5.92. The molecule has 1 unspecified atom stereocenters. The standard InChI is InChI=1S/C16H22ClNO4/c1-11(2)8-9-21-12(3)16(20)22-10-15(19)18-14-7-5-4-6-13(14)17/h4-7,11-12H,8-10H2,1-3H3,(H,18,19). The first kappa shape index (κ1) is 18.5. The van der Waals surface area contributed by atoms with Gasteiger partial charge >= 0.3 is 5.97 Å². The third-order valence-corrected chi connectivity index (χ3v) is 3.22. The summed E-state index contributed by atoms with van der Waals surface area (Å²) in [7, 11) is 0. The molecule has 0 saturated heterocycles. The van der Waals surface area contributed by atoms with Crippen LogP contribution in [0.4, 0.5) is 5.69 Å². The van der Waals surface area contributed by atoms with Gasteiger partial charge in [-0.2, -0.15) is 0 Å². The third kappa shape index (κ3) is 6.91. The Morgan fingerprint density at radius 3 is 2.55 bits per heavy atom. The van der Waals surface area contributed by atoms with Crippen LogP contribution < -0.4 is 5.32 Å². The van der Waals surface area contributed by atoms with Gasteiger partial charge in [-0.25, -0.2) is 4.79 Å². The van der Waals surface area contributed by atoms with E-state index in [1.165, 1.54) is 0 Å². The van der Waals surface area contributed by atoms with Crippen molar-refractivity contribution in [3.05, 3.63) is 29.3 Å². The van der Waals surface area contributed by atoms with Gasteiger partial charge < -0.3 is 14.8 Å². The van der Waals surface area contributed by atoms with E-state index < -0.39 is 18.0 Å². The predicted molar refractivity (Wildman–Crippen MR) is 85.9 cm³/mol. The number of para-hydroxylation sites is 1. The first-order valence-corrected chi connectivity index (χ1v) is 7.60. The molecule has 0 aromatic heterocycles. The van der Waals surface area contributed by atoms with Crippen LogP contribution in [0, 0.1) is 5.92 Å². The summed E-state index contributed by atoms with van der Waals surface area (Å²) in [5, 5.41) is 3.00. The lowest BCUT2D eigenvalue weighted by Crippen LogP contribution is -2.28. The van der Waals surface area contributed by atoms with Crippen LogP contribution in [-0.4, -0.2) is 31.2 Å². The highest BCUT2D eigenvalue weighted by molar-refractivity contribution is 6.33. The Kier molecular flexibility index (Phi) is 7.91. The molecule has 5 nitrogen and oxygen atoms in total. The van der Waals surface area contributed by atoms with Crippen molar-refractivity contribution < 1.29 is 19.1 Å². The van der Waals surface area contributed by atoms with E-state index >= 15 is 0 Å². The molecule has 1 N–H and O–H groups in total. The molecule has 1 atom stereocenters. The van der Waals surface area contributed by atoms with Crippen molar-refractivity contribution in [2.24, 2.45) is 5.92 Å². The number of hydrogen-bond acceptors (Lipinski definition) is 4. The van der Waals surface area contributed by atoms with Crippen LogP contribution in [0.1, 0.15) is 27.2 Å². The molecule has 0 aliphatic rings. The number of anilines is 1. The second kappa shape index (κ2) is 9.43. The maximum absolute atomic E-state index is 11.7. The Bertz CT molecular complexity index is 505. The summed E-state index contributed by atoms with van der Waals surface area (Å²) in [4.78, 5) is 23.4. The lowest BCUT2D eigenvalue weighted by Gasteiger charge is -2.13. The van der Waals surface area contributed by atoms with Gasteiger partial charge in [0.25, 0.3) is 5.91 Å². The second-order valence-corrected chi connectivity index (χ2v) is 5.74. The van der Waals surface area contributed by atoms with Crippen LogP contribution in [0.25, 0.3) is 0 Å². The maximum Gasteiger partial charge on any atom is 0.335 e. The highest BCUT2D eigenvalue weighted by Gasteiger charge is 2.17. The SMILES string of the molecule is CC(C)CCOC(C)C(=O)OCC(=O)Nc1ccccc1Cl. The summed E-state index contributed by atoms with van der Waals surface area (Å²) in [6, 6.07) is 6.83. The van der Waals surface area contributed by atoms with Gasteiger partial charge in [0.1, 0.15) is 0 Å². The highest BCUT2D eigenvalue weighted by atomic mass is 35.5. The van der Waals surface area contributed by atoms with Crippen LogP contribution in [0.3, 0.4) is 0 Å². The van der Waals surface area contributed by atoms with Crippen LogP contribution in [0.15, 0.2) is 24.3 Å². The van der Waals surface area contributed by atoms with E-state index in [2.05, 4.69) is 19.2 Å². The van der Waals surface area contributed by atoms with Crippen molar-refractivity contribution in [3.8, 4) is 0 Å². The minimum atomic E-state index is -0.688. The summed E-state index contributed by atoms with van der Waals surface area (Å²) in [5.74, 6) is -0.501. The fraction of sp³-hybridized carbons (Fsp3) is 0.500. The first-order valence-electron chi connectivity index (χ1n) is 7.22. The number of esters is 1. The molecular formula is C16H22ClNO4. The Labute approximate surface area is 135 Å². The number of benzene rings is 1. The van der Waals surface area contributed by atoms with Gasteiger partial charge in [0.05, 0.1) is 10.7 Å². The average Bonchev–Trinajstić information content (AvgIpc) is 2.46. The maximum atomic E-state index is 11.7. The number of carbonyl (C=O) groups is 2. The summed E-state index contributed by atoms with van der Waals surface area (Å²) in [6.07, 6.45) is 0.178. The van der Waals surface area contributed by atoms with Gasteiger partial charge in [-0.1, -0.05) is 37.6 Å².